The topological polar surface area (TPSA) is 92.5 Å². The Kier molecular flexibility index (Phi) is 6.13. The van der Waals surface area contributed by atoms with Crippen LogP contribution in [0.1, 0.15) is 24.3 Å². The summed E-state index contributed by atoms with van der Waals surface area (Å²) >= 11 is 5.39. The van der Waals surface area contributed by atoms with E-state index in [1.165, 1.54) is 0 Å². The first-order chi connectivity index (χ1) is 15.0. The third-order valence-corrected chi connectivity index (χ3v) is 5.29. The zero-order valence-electron chi connectivity index (χ0n) is 17.3. The van der Waals surface area contributed by atoms with Crippen molar-refractivity contribution in [2.45, 2.75) is 26.3 Å². The molecular formula is C22H23N5O3S. The molecule has 1 saturated heterocycles. The van der Waals surface area contributed by atoms with Crippen LogP contribution in [0.5, 0.6) is 5.75 Å². The van der Waals surface area contributed by atoms with Gasteiger partial charge in [-0.1, -0.05) is 11.2 Å². The van der Waals surface area contributed by atoms with Gasteiger partial charge in [0.05, 0.1) is 13.7 Å². The summed E-state index contributed by atoms with van der Waals surface area (Å²) in [5.41, 5.74) is 3.61. The fraction of sp³-hybridized carbons (Fsp3) is 0.273. The van der Waals surface area contributed by atoms with Crippen LogP contribution in [-0.2, 0) is 11.3 Å². The maximum atomic E-state index is 12.1. The average molecular weight is 438 g/mol. The van der Waals surface area contributed by atoms with Gasteiger partial charge in [0.2, 0.25) is 17.6 Å². The first-order valence-corrected chi connectivity index (χ1v) is 10.4. The van der Waals surface area contributed by atoms with Crippen LogP contribution in [-0.4, -0.2) is 34.8 Å². The molecule has 0 radical (unpaired) electrons. The number of benzene rings is 2. The third-order valence-electron chi connectivity index (χ3n) is 5.05. The Hall–Kier alpha value is -3.46. The van der Waals surface area contributed by atoms with Crippen molar-refractivity contribution in [1.82, 2.24) is 15.5 Å². The Balaban J connectivity index is 1.35. The number of amides is 1. The molecular weight excluding hydrogens is 414 g/mol. The number of nitrogens with one attached hydrogen (secondary N) is 2. The number of ether oxygens (including phenoxy) is 1. The quantitative estimate of drug-likeness (QED) is 0.565. The Morgan fingerprint density at radius 2 is 2.06 bits per heavy atom. The number of methoxy groups -OCH3 is 1. The fourth-order valence-electron chi connectivity index (χ4n) is 3.40. The second-order valence-electron chi connectivity index (χ2n) is 7.20. The monoisotopic (exact) mass is 437 g/mol. The summed E-state index contributed by atoms with van der Waals surface area (Å²) in [6.07, 6.45) is 1.48. The SMILES string of the molecule is COc1ccc(-c2noc(CNC(=S)Nc3ccc(C)c(N4CCCC4=O)c3)n2)cc1. The summed E-state index contributed by atoms with van der Waals surface area (Å²) in [5, 5.41) is 10.6. The van der Waals surface area contributed by atoms with Gasteiger partial charge in [-0.25, -0.2) is 0 Å². The van der Waals surface area contributed by atoms with Crippen molar-refractivity contribution in [2.24, 2.45) is 0 Å². The summed E-state index contributed by atoms with van der Waals surface area (Å²) < 4.78 is 10.5. The normalized spacial score (nSPS) is 13.4. The molecule has 0 saturated carbocycles. The minimum absolute atomic E-state index is 0.157. The van der Waals surface area contributed by atoms with Crippen LogP contribution in [0.15, 0.2) is 47.0 Å². The second-order valence-corrected chi connectivity index (χ2v) is 7.61. The lowest BCUT2D eigenvalue weighted by molar-refractivity contribution is -0.117. The summed E-state index contributed by atoms with van der Waals surface area (Å²) in [5.74, 6) is 1.84. The predicted octanol–water partition coefficient (Wildman–Crippen LogP) is 3.67. The van der Waals surface area contributed by atoms with Crippen LogP contribution in [0.25, 0.3) is 11.4 Å². The molecule has 3 aromatic rings. The lowest BCUT2D eigenvalue weighted by Gasteiger charge is -2.20. The molecule has 9 heteroatoms. The smallest absolute Gasteiger partial charge is 0.246 e. The van der Waals surface area contributed by atoms with Gasteiger partial charge >= 0.3 is 0 Å². The van der Waals surface area contributed by atoms with Crippen molar-refractivity contribution >= 4 is 34.6 Å². The molecule has 1 aromatic heterocycles. The van der Waals surface area contributed by atoms with E-state index in [0.29, 0.717) is 23.2 Å². The number of carbonyl (C=O) groups is 1. The first-order valence-electron chi connectivity index (χ1n) is 9.96. The molecule has 2 heterocycles. The zero-order valence-corrected chi connectivity index (χ0v) is 18.2. The Morgan fingerprint density at radius 1 is 1.26 bits per heavy atom. The summed E-state index contributed by atoms with van der Waals surface area (Å²) in [4.78, 5) is 18.3. The zero-order chi connectivity index (χ0) is 21.8. The van der Waals surface area contributed by atoms with Gasteiger partial charge in [0.15, 0.2) is 5.11 Å². The molecule has 0 bridgehead atoms. The Bertz CT molecular complexity index is 1100. The van der Waals surface area contributed by atoms with Gasteiger partial charge in [-0.3, -0.25) is 4.79 Å². The van der Waals surface area contributed by atoms with E-state index >= 15 is 0 Å². The molecule has 8 nitrogen and oxygen atoms in total. The second kappa shape index (κ2) is 9.13. The van der Waals surface area contributed by atoms with Crippen LogP contribution in [0.4, 0.5) is 11.4 Å². The number of aromatic nitrogens is 2. The molecule has 0 atom stereocenters. The molecule has 0 unspecified atom stereocenters. The van der Waals surface area contributed by atoms with Gasteiger partial charge in [0.1, 0.15) is 5.75 Å². The summed E-state index contributed by atoms with van der Waals surface area (Å²) in [6, 6.07) is 13.3. The molecule has 0 spiro atoms. The molecule has 1 aliphatic rings. The number of hydrogen-bond donors (Lipinski definition) is 2. The van der Waals surface area contributed by atoms with Crippen LogP contribution >= 0.6 is 12.2 Å². The Morgan fingerprint density at radius 3 is 2.77 bits per heavy atom. The van der Waals surface area contributed by atoms with Crippen LogP contribution in [0.3, 0.4) is 0 Å². The van der Waals surface area contributed by atoms with E-state index in [-0.39, 0.29) is 12.5 Å². The number of hydrogen-bond acceptors (Lipinski definition) is 6. The van der Waals surface area contributed by atoms with Gasteiger partial charge in [0.25, 0.3) is 0 Å². The molecule has 2 N–H and O–H groups in total. The van der Waals surface area contributed by atoms with Gasteiger partial charge in [-0.15, -0.1) is 0 Å². The molecule has 1 fully saturated rings. The van der Waals surface area contributed by atoms with E-state index in [0.717, 1.165) is 41.2 Å². The van der Waals surface area contributed by atoms with E-state index in [9.17, 15) is 4.79 Å². The highest BCUT2D eigenvalue weighted by Crippen LogP contribution is 2.28. The van der Waals surface area contributed by atoms with Crippen LogP contribution in [0.2, 0.25) is 0 Å². The van der Waals surface area contributed by atoms with Gasteiger partial charge in [-0.2, -0.15) is 4.98 Å². The number of rotatable bonds is 6. The number of thiocarbonyl (C=S) groups is 1. The van der Waals surface area contributed by atoms with Crippen molar-refractivity contribution in [3.05, 3.63) is 53.9 Å². The fourth-order valence-corrected chi connectivity index (χ4v) is 3.59. The van der Waals surface area contributed by atoms with E-state index in [2.05, 4.69) is 20.8 Å². The molecule has 0 aliphatic carbocycles. The Labute approximate surface area is 185 Å². The predicted molar refractivity (Wildman–Crippen MR) is 122 cm³/mol. The summed E-state index contributed by atoms with van der Waals surface area (Å²) in [6.45, 7) is 3.04. The molecule has 2 aromatic carbocycles. The number of nitrogens with zero attached hydrogens (tertiary/aromatic N) is 3. The van der Waals surface area contributed by atoms with Crippen molar-refractivity contribution in [3.8, 4) is 17.1 Å². The largest absolute Gasteiger partial charge is 0.497 e. The number of carbonyl (C=O) groups excluding carboxylic acids is 1. The highest BCUT2D eigenvalue weighted by atomic mass is 32.1. The maximum absolute atomic E-state index is 12.1. The molecule has 160 valence electrons. The minimum atomic E-state index is 0.157. The molecule has 4 rings (SSSR count). The van der Waals surface area contributed by atoms with Gasteiger partial charge < -0.3 is 24.8 Å². The number of anilines is 2. The summed E-state index contributed by atoms with van der Waals surface area (Å²) in [7, 11) is 1.62. The van der Waals surface area contributed by atoms with Gasteiger partial charge in [0, 0.05) is 29.9 Å². The minimum Gasteiger partial charge on any atom is -0.497 e. The molecule has 1 amide bonds. The first kappa shape index (κ1) is 20.8. The van der Waals surface area contributed by atoms with E-state index in [1.807, 2.05) is 54.3 Å². The highest BCUT2D eigenvalue weighted by Gasteiger charge is 2.23. The molecule has 31 heavy (non-hydrogen) atoms. The van der Waals surface area contributed by atoms with Crippen LogP contribution in [0, 0.1) is 6.92 Å². The third kappa shape index (κ3) is 4.83. The van der Waals surface area contributed by atoms with E-state index in [4.69, 9.17) is 21.5 Å². The van der Waals surface area contributed by atoms with Crippen molar-refractivity contribution < 1.29 is 14.1 Å². The number of aryl methyl sites for hydroxylation is 1. The lowest BCUT2D eigenvalue weighted by Crippen LogP contribution is -2.28. The lowest BCUT2D eigenvalue weighted by atomic mass is 10.1. The maximum Gasteiger partial charge on any atom is 0.246 e. The van der Waals surface area contributed by atoms with Crippen molar-refractivity contribution in [3.63, 3.8) is 0 Å². The van der Waals surface area contributed by atoms with Crippen molar-refractivity contribution in [2.75, 3.05) is 23.9 Å². The standard InChI is InChI=1S/C22H23N5O3S/c1-14-5-8-16(12-18(14)27-11-3-4-20(27)28)24-22(31)23-13-19-25-21(26-30-19)15-6-9-17(29-2)10-7-15/h5-10,12H,3-4,11,13H2,1-2H3,(H2,23,24,31). The van der Waals surface area contributed by atoms with Gasteiger partial charge in [-0.05, 0) is 67.5 Å². The average Bonchev–Trinajstić information content (AvgIpc) is 3.43. The van der Waals surface area contributed by atoms with E-state index < -0.39 is 0 Å². The van der Waals surface area contributed by atoms with Crippen LogP contribution < -0.4 is 20.3 Å². The van der Waals surface area contributed by atoms with Crippen molar-refractivity contribution in [1.29, 1.82) is 0 Å². The highest BCUT2D eigenvalue weighted by molar-refractivity contribution is 7.80. The molecule has 1 aliphatic heterocycles. The van der Waals surface area contributed by atoms with E-state index in [1.54, 1.807) is 7.11 Å².